The van der Waals surface area contributed by atoms with Gasteiger partial charge in [-0.15, -0.1) is 0 Å². The molecule has 2 aromatic carbocycles. The number of nitriles is 1. The summed E-state index contributed by atoms with van der Waals surface area (Å²) < 4.78 is 0. The van der Waals surface area contributed by atoms with E-state index < -0.39 is 21.2 Å². The summed E-state index contributed by atoms with van der Waals surface area (Å²) in [4.78, 5) is 28.3. The van der Waals surface area contributed by atoms with Gasteiger partial charge in [0.1, 0.15) is 0 Å². The fourth-order valence-electron chi connectivity index (χ4n) is 4.91. The first kappa shape index (κ1) is 19.5. The molecule has 0 radical (unpaired) electrons. The van der Waals surface area contributed by atoms with E-state index in [1.165, 1.54) is 21.6 Å². The van der Waals surface area contributed by atoms with Gasteiger partial charge < -0.3 is 9.80 Å². The second-order valence-electron chi connectivity index (χ2n) is 8.57. The molecule has 152 valence electrons. The monoisotopic (exact) mass is 435 g/mol. The Morgan fingerprint density at radius 2 is 1.60 bits per heavy atom. The van der Waals surface area contributed by atoms with Gasteiger partial charge in [-0.2, -0.15) is 5.26 Å². The molecule has 6 rings (SSSR count). The fraction of sp³-hybridized carbons (Fsp3) is 0.348. The first-order valence-corrected chi connectivity index (χ1v) is 12.0. The van der Waals surface area contributed by atoms with Crippen molar-refractivity contribution in [2.75, 3.05) is 7.05 Å². The Morgan fingerprint density at radius 3 is 2.23 bits per heavy atom. The normalized spacial score (nSPS) is 34.8. The van der Waals surface area contributed by atoms with Crippen LogP contribution in [0.15, 0.2) is 54.6 Å². The van der Waals surface area contributed by atoms with Crippen LogP contribution in [0.25, 0.3) is 11.1 Å². The van der Waals surface area contributed by atoms with Crippen molar-refractivity contribution < 1.29 is 9.59 Å². The average Bonchev–Trinajstić information content (AvgIpc) is 3.06. The van der Waals surface area contributed by atoms with Crippen LogP contribution < -0.4 is 0 Å². The third kappa shape index (κ3) is 2.32. The van der Waals surface area contributed by atoms with Crippen molar-refractivity contribution in [2.45, 2.75) is 36.1 Å². The molecule has 4 saturated heterocycles. The summed E-state index contributed by atoms with van der Waals surface area (Å²) in [5, 5.41) is 10.1. The van der Waals surface area contributed by atoms with E-state index in [1.807, 2.05) is 49.4 Å². The first-order valence-electron chi connectivity index (χ1n) is 9.82. The largest absolute Gasteiger partial charge is 0.319 e. The third-order valence-corrected chi connectivity index (χ3v) is 10.4. The molecule has 0 aromatic heterocycles. The van der Waals surface area contributed by atoms with Crippen molar-refractivity contribution in [3.63, 3.8) is 0 Å². The maximum atomic E-state index is 13.6. The number of nitrogens with zero attached hydrogens (tertiary/aromatic N) is 3. The molecule has 4 heterocycles. The lowest BCUT2D eigenvalue weighted by Crippen LogP contribution is -2.73. The van der Waals surface area contributed by atoms with Gasteiger partial charge in [0.25, 0.3) is 11.8 Å². The molecule has 7 heteroatoms. The second kappa shape index (κ2) is 6.29. The lowest BCUT2D eigenvalue weighted by molar-refractivity contribution is -0.164. The van der Waals surface area contributed by atoms with E-state index in [1.54, 1.807) is 23.8 Å². The number of rotatable bonds is 2. The number of amides is 2. The Bertz CT molecular complexity index is 1100. The first-order chi connectivity index (χ1) is 14.3. The highest BCUT2D eigenvalue weighted by atomic mass is 33.1. The van der Waals surface area contributed by atoms with Crippen LogP contribution in [0.1, 0.15) is 31.9 Å². The topological polar surface area (TPSA) is 64.4 Å². The Morgan fingerprint density at radius 1 is 0.967 bits per heavy atom. The zero-order chi connectivity index (χ0) is 21.3. The third-order valence-electron chi connectivity index (χ3n) is 6.68. The van der Waals surface area contributed by atoms with Crippen molar-refractivity contribution in [3.05, 3.63) is 60.2 Å². The molecule has 4 fully saturated rings. The van der Waals surface area contributed by atoms with E-state index in [4.69, 9.17) is 0 Å². The number of piperazine rings is 1. The maximum absolute atomic E-state index is 13.6. The molecule has 4 aliphatic rings. The lowest BCUT2D eigenvalue weighted by atomic mass is 9.79. The fourth-order valence-corrected chi connectivity index (χ4v) is 8.49. The zero-order valence-electron chi connectivity index (χ0n) is 17.0. The number of fused-ring (bicyclic) bond motifs is 2. The van der Waals surface area contributed by atoms with E-state index in [0.717, 1.165) is 16.7 Å². The summed E-state index contributed by atoms with van der Waals surface area (Å²) in [6, 6.07) is 20.1. The van der Waals surface area contributed by atoms with Gasteiger partial charge in [-0.1, -0.05) is 76.2 Å². The predicted octanol–water partition coefficient (Wildman–Crippen LogP) is 4.44. The molecule has 0 saturated carbocycles. The smallest absolute Gasteiger partial charge is 0.261 e. The molecule has 5 nitrogen and oxygen atoms in total. The molecule has 2 bridgehead atoms. The highest BCUT2D eigenvalue weighted by Crippen LogP contribution is 2.69. The number of carbonyl (C=O) groups is 2. The zero-order valence-corrected chi connectivity index (χ0v) is 18.6. The Hall–Kier alpha value is -2.43. The van der Waals surface area contributed by atoms with Gasteiger partial charge in [0.2, 0.25) is 0 Å². The molecular formula is C23H21N3O2S2. The van der Waals surface area contributed by atoms with Gasteiger partial charge in [0, 0.05) is 13.5 Å². The molecule has 1 spiro atoms. The van der Waals surface area contributed by atoms with Crippen LogP contribution in [0.3, 0.4) is 0 Å². The summed E-state index contributed by atoms with van der Waals surface area (Å²) >= 11 is 0. The minimum atomic E-state index is -1.03. The predicted molar refractivity (Wildman–Crippen MR) is 119 cm³/mol. The van der Waals surface area contributed by atoms with Crippen molar-refractivity contribution >= 4 is 33.4 Å². The molecule has 30 heavy (non-hydrogen) atoms. The Balaban J connectivity index is 1.62. The number of likely N-dealkylation sites (N-methyl/N-ethyl adjacent to an activating group) is 1. The van der Waals surface area contributed by atoms with Gasteiger partial charge in [-0.25, -0.2) is 0 Å². The Labute approximate surface area is 183 Å². The minimum absolute atomic E-state index is 0.0850. The van der Waals surface area contributed by atoms with Gasteiger partial charge in [-0.3, -0.25) is 9.59 Å². The van der Waals surface area contributed by atoms with Crippen LogP contribution in [0, 0.1) is 16.7 Å². The quantitative estimate of drug-likeness (QED) is 0.653. The van der Waals surface area contributed by atoms with Crippen molar-refractivity contribution in [1.82, 2.24) is 9.80 Å². The van der Waals surface area contributed by atoms with Crippen LogP contribution in [0.5, 0.6) is 0 Å². The molecule has 4 atom stereocenters. The van der Waals surface area contributed by atoms with Crippen LogP contribution in [0.4, 0.5) is 0 Å². The summed E-state index contributed by atoms with van der Waals surface area (Å²) in [5.41, 5.74) is 2.22. The van der Waals surface area contributed by atoms with E-state index in [-0.39, 0.29) is 11.8 Å². The SMILES string of the molecule is CN1C(=O)[C@@]23C[C@](C)(C#N)C(c4ccc(-c5ccccc5)cc4)N2C(=O)C1(C)SS3. The molecule has 2 unspecified atom stereocenters. The van der Waals surface area contributed by atoms with Crippen molar-refractivity contribution in [2.24, 2.45) is 5.41 Å². The van der Waals surface area contributed by atoms with Crippen molar-refractivity contribution in [1.29, 1.82) is 5.26 Å². The summed E-state index contributed by atoms with van der Waals surface area (Å²) in [7, 11) is 4.56. The van der Waals surface area contributed by atoms with E-state index >= 15 is 0 Å². The summed E-state index contributed by atoms with van der Waals surface area (Å²) in [5.74, 6) is -0.178. The molecular weight excluding hydrogens is 414 g/mol. The van der Waals surface area contributed by atoms with Gasteiger partial charge in [-0.05, 0) is 30.5 Å². The van der Waals surface area contributed by atoms with E-state index in [0.29, 0.717) is 6.42 Å². The number of benzene rings is 2. The highest BCUT2D eigenvalue weighted by molar-refractivity contribution is 8.78. The number of carbonyl (C=O) groups excluding carboxylic acids is 2. The molecule has 2 aromatic rings. The van der Waals surface area contributed by atoms with Gasteiger partial charge in [0.05, 0.1) is 17.5 Å². The van der Waals surface area contributed by atoms with Crippen LogP contribution in [-0.2, 0) is 9.59 Å². The molecule has 0 aliphatic carbocycles. The van der Waals surface area contributed by atoms with Gasteiger partial charge in [0.15, 0.2) is 9.74 Å². The van der Waals surface area contributed by atoms with E-state index in [2.05, 4.69) is 18.2 Å². The summed E-state index contributed by atoms with van der Waals surface area (Å²) in [6.07, 6.45) is 0.324. The van der Waals surface area contributed by atoms with Crippen LogP contribution in [0.2, 0.25) is 0 Å². The Kier molecular flexibility index (Phi) is 4.09. The number of hydrogen-bond donors (Lipinski definition) is 0. The average molecular weight is 436 g/mol. The van der Waals surface area contributed by atoms with Crippen LogP contribution in [-0.4, -0.2) is 38.4 Å². The number of hydrogen-bond acceptors (Lipinski definition) is 5. The lowest BCUT2D eigenvalue weighted by Gasteiger charge is -2.57. The summed E-state index contributed by atoms with van der Waals surface area (Å²) in [6.45, 7) is 3.67. The molecule has 0 N–H and O–H groups in total. The van der Waals surface area contributed by atoms with Gasteiger partial charge >= 0.3 is 0 Å². The second-order valence-corrected chi connectivity index (χ2v) is 11.4. The molecule has 2 amide bonds. The highest BCUT2D eigenvalue weighted by Gasteiger charge is 2.74. The van der Waals surface area contributed by atoms with Crippen LogP contribution >= 0.6 is 21.6 Å². The standard InChI is InChI=1S/C23H21N3O2S2/c1-21(14-24)13-23-20(28)25(3)22(2,29-30-23)19(27)26(23)18(21)17-11-9-16(10-12-17)15-7-5-4-6-8-15/h4-12,18H,13H2,1-3H3/t18?,21-,22?,23+/m1/s1. The molecule has 4 aliphatic heterocycles. The minimum Gasteiger partial charge on any atom is -0.319 e. The van der Waals surface area contributed by atoms with Crippen molar-refractivity contribution in [3.8, 4) is 17.2 Å². The maximum Gasteiger partial charge on any atom is 0.261 e. The van der Waals surface area contributed by atoms with E-state index in [9.17, 15) is 14.9 Å².